The summed E-state index contributed by atoms with van der Waals surface area (Å²) in [4.78, 5) is 21.3. The molecule has 0 saturated carbocycles. The maximum absolute atomic E-state index is 4.90. The van der Waals surface area contributed by atoms with E-state index in [4.69, 9.17) is 9.97 Å². The van der Waals surface area contributed by atoms with Crippen molar-refractivity contribution < 1.29 is 0 Å². The van der Waals surface area contributed by atoms with Crippen molar-refractivity contribution in [2.45, 2.75) is 0 Å². The first kappa shape index (κ1) is 53.5. The van der Waals surface area contributed by atoms with Gasteiger partial charge in [0.1, 0.15) is 5.82 Å². The van der Waals surface area contributed by atoms with E-state index in [-0.39, 0.29) is 0 Å². The van der Waals surface area contributed by atoms with Crippen LogP contribution in [0.5, 0.6) is 0 Å². The molecular weight excluding hydrogens is 1070 g/mol. The SMILES string of the molecule is CN(c1ccccc1)c1ccccc1.Cn1c(-c2ccccc2)nc2ccccc21.Cn1c2ccccc2c2ccccc21.Cn1c2ccccc2n2c3ccccc3nc12.Cn1c2nc3ccccc3n2c2ccccc2n2c3ccccc3nc12. The van der Waals surface area contributed by atoms with Crippen molar-refractivity contribution in [3.8, 4) is 11.4 Å². The Morgan fingerprint density at radius 1 is 0.241 bits per heavy atom. The van der Waals surface area contributed by atoms with Gasteiger partial charge in [-0.05, 0) is 109 Å². The third-order valence-corrected chi connectivity index (χ3v) is 16.3. The molecule has 0 aliphatic heterocycles. The third kappa shape index (κ3) is 9.74. The molecule has 11 aromatic carbocycles. The quantitative estimate of drug-likeness (QED) is 0.176. The van der Waals surface area contributed by atoms with E-state index in [1.807, 2.05) is 73.8 Å². The molecule has 0 saturated heterocycles. The van der Waals surface area contributed by atoms with Crippen LogP contribution < -0.4 is 4.90 Å². The average molecular weight is 1130 g/mol. The topological polar surface area (TPSA) is 87.7 Å². The lowest BCUT2D eigenvalue weighted by Crippen LogP contribution is -2.08. The van der Waals surface area contributed by atoms with Crippen LogP contribution in [0, 0.1) is 0 Å². The van der Waals surface area contributed by atoms with Crippen molar-refractivity contribution in [1.29, 1.82) is 0 Å². The molecule has 7 aromatic heterocycles. The molecule has 12 nitrogen and oxygen atoms in total. The van der Waals surface area contributed by atoms with E-state index in [9.17, 15) is 0 Å². The second-order valence-electron chi connectivity index (χ2n) is 21.5. The number of imidazole rings is 5. The van der Waals surface area contributed by atoms with Gasteiger partial charge in [0.05, 0.1) is 66.2 Å². The van der Waals surface area contributed by atoms with Crippen LogP contribution in [0.3, 0.4) is 0 Å². The molecule has 0 N–H and O–H groups in total. The van der Waals surface area contributed by atoms with Gasteiger partial charge in [0, 0.05) is 74.0 Å². The van der Waals surface area contributed by atoms with Gasteiger partial charge in [-0.15, -0.1) is 0 Å². The highest BCUT2D eigenvalue weighted by atomic mass is 15.3. The number of hydrogen-bond donors (Lipinski definition) is 0. The van der Waals surface area contributed by atoms with Crippen LogP contribution in [-0.2, 0) is 28.2 Å². The fourth-order valence-electron chi connectivity index (χ4n) is 12.0. The first-order chi connectivity index (χ1) is 42.8. The number of benzene rings is 11. The maximum Gasteiger partial charge on any atom is 0.218 e. The first-order valence-electron chi connectivity index (χ1n) is 29.1. The van der Waals surface area contributed by atoms with Crippen LogP contribution in [0.4, 0.5) is 11.4 Å². The Morgan fingerprint density at radius 2 is 0.540 bits per heavy atom. The Morgan fingerprint density at radius 3 is 0.954 bits per heavy atom. The predicted molar refractivity (Wildman–Crippen MR) is 361 cm³/mol. The van der Waals surface area contributed by atoms with Crippen LogP contribution in [-0.4, -0.2) is 58.5 Å². The summed E-state index contributed by atoms with van der Waals surface area (Å²) in [5.41, 5.74) is 19.4. The molecule has 0 radical (unpaired) electrons. The summed E-state index contributed by atoms with van der Waals surface area (Å²) in [5.74, 6) is 3.75. The van der Waals surface area contributed by atoms with E-state index in [1.165, 1.54) is 55.2 Å². The second-order valence-corrected chi connectivity index (χ2v) is 21.5. The summed E-state index contributed by atoms with van der Waals surface area (Å²) in [6, 6.07) is 97.7. The summed E-state index contributed by atoms with van der Waals surface area (Å²) in [6.07, 6.45) is 0. The molecule has 7 heterocycles. The van der Waals surface area contributed by atoms with Crippen molar-refractivity contribution in [2.75, 3.05) is 11.9 Å². The van der Waals surface area contributed by atoms with Crippen LogP contribution >= 0.6 is 0 Å². The number of rotatable bonds is 3. The van der Waals surface area contributed by atoms with Crippen LogP contribution in [0.1, 0.15) is 0 Å². The molecule has 0 aliphatic carbocycles. The fraction of sp³-hybridized carbons (Fsp3) is 0.0667. The Labute approximate surface area is 502 Å². The molecule has 0 unspecified atom stereocenters. The molecule has 87 heavy (non-hydrogen) atoms. The molecule has 0 amide bonds. The molecule has 12 heteroatoms. The zero-order chi connectivity index (χ0) is 59.0. The fourth-order valence-corrected chi connectivity index (χ4v) is 12.0. The van der Waals surface area contributed by atoms with Gasteiger partial charge in [-0.3, -0.25) is 17.8 Å². The first-order valence-corrected chi connectivity index (χ1v) is 29.1. The Hall–Kier alpha value is -11.5. The Balaban J connectivity index is 0.0000000981. The third-order valence-electron chi connectivity index (χ3n) is 16.3. The van der Waals surface area contributed by atoms with E-state index in [0.29, 0.717) is 0 Å². The highest BCUT2D eigenvalue weighted by Gasteiger charge is 2.17. The van der Waals surface area contributed by atoms with Gasteiger partial charge in [-0.2, -0.15) is 0 Å². The lowest BCUT2D eigenvalue weighted by molar-refractivity contribution is 0.913. The molecule has 18 rings (SSSR count). The lowest BCUT2D eigenvalue weighted by atomic mass is 10.2. The number of para-hydroxylation sites is 16. The molecule has 0 bridgehead atoms. The number of aryl methyl sites for hydroxylation is 4. The standard InChI is InChI=1S/C21H15N5.C14H11N3.C14H12N2.C13H11N.C13H13N/c1-24-20-22-14-8-2-4-10-16(14)25(20)18-12-6-7-13-19(18)26-17-11-5-3-9-15(17)23-21(24)26;1-16-12-8-4-5-9-13(12)17-11-7-3-2-6-10(11)15-14(16)17;1-16-13-10-6-5-9-12(13)15-14(16)11-7-3-2-4-8-11;1-14-12-8-4-2-6-10(12)11-7-3-5-9-13(11)14;1-14(12-8-4-2-5-9-12)13-10-6-3-7-11-13/h2-13H,1H3;2-9H,1H3;2-10H,1H3;2-9H,1H3;2-11H,1H3. The summed E-state index contributed by atoms with van der Waals surface area (Å²) in [7, 11) is 10.3. The van der Waals surface area contributed by atoms with E-state index in [0.717, 1.165) is 72.9 Å². The number of nitrogens with zero attached hydrogens (tertiary/aromatic N) is 12. The van der Waals surface area contributed by atoms with Gasteiger partial charge in [0.25, 0.3) is 0 Å². The van der Waals surface area contributed by atoms with E-state index >= 15 is 0 Å². The molecule has 422 valence electrons. The minimum atomic E-state index is 0.868. The summed E-state index contributed by atoms with van der Waals surface area (Å²) < 4.78 is 15.2. The number of aromatic nitrogens is 11. The van der Waals surface area contributed by atoms with Crippen molar-refractivity contribution in [1.82, 2.24) is 51.4 Å². The van der Waals surface area contributed by atoms with Gasteiger partial charge < -0.3 is 18.6 Å². The largest absolute Gasteiger partial charge is 0.345 e. The Kier molecular flexibility index (Phi) is 14.1. The number of anilines is 2. The molecule has 0 aliphatic rings. The van der Waals surface area contributed by atoms with Gasteiger partial charge in [-0.25, -0.2) is 19.9 Å². The molecule has 0 atom stereocenters. The van der Waals surface area contributed by atoms with Crippen LogP contribution in [0.2, 0.25) is 0 Å². The van der Waals surface area contributed by atoms with E-state index in [2.05, 4.69) is 293 Å². The van der Waals surface area contributed by atoms with Crippen LogP contribution in [0.25, 0.3) is 117 Å². The zero-order valence-corrected chi connectivity index (χ0v) is 49.0. The highest BCUT2D eigenvalue weighted by molar-refractivity contribution is 6.08. The highest BCUT2D eigenvalue weighted by Crippen LogP contribution is 2.30. The minimum Gasteiger partial charge on any atom is -0.345 e. The van der Waals surface area contributed by atoms with Gasteiger partial charge in [0.2, 0.25) is 17.3 Å². The molecule has 0 spiro atoms. The monoisotopic (exact) mass is 1130 g/mol. The van der Waals surface area contributed by atoms with Gasteiger partial charge in [-0.1, -0.05) is 176 Å². The molecular formula is C75H62N12. The van der Waals surface area contributed by atoms with Crippen molar-refractivity contribution in [3.63, 3.8) is 0 Å². The number of hydrogen-bond acceptors (Lipinski definition) is 5. The smallest absolute Gasteiger partial charge is 0.218 e. The van der Waals surface area contributed by atoms with Gasteiger partial charge in [0.15, 0.2) is 0 Å². The zero-order valence-electron chi connectivity index (χ0n) is 49.0. The summed E-state index contributed by atoms with van der Waals surface area (Å²) in [6.45, 7) is 0. The van der Waals surface area contributed by atoms with Gasteiger partial charge >= 0.3 is 0 Å². The maximum atomic E-state index is 4.90. The van der Waals surface area contributed by atoms with Crippen molar-refractivity contribution in [2.24, 2.45) is 28.2 Å². The minimum absolute atomic E-state index is 0.868. The summed E-state index contributed by atoms with van der Waals surface area (Å²) in [5, 5.41) is 2.68. The van der Waals surface area contributed by atoms with Crippen molar-refractivity contribution >= 4 is 117 Å². The lowest BCUT2D eigenvalue weighted by Gasteiger charge is -2.18. The second kappa shape index (κ2) is 22.9. The van der Waals surface area contributed by atoms with Crippen molar-refractivity contribution in [3.05, 3.63) is 285 Å². The predicted octanol–water partition coefficient (Wildman–Crippen LogP) is 17.3. The average Bonchev–Trinajstić information content (AvgIpc) is 1.64. The summed E-state index contributed by atoms with van der Waals surface area (Å²) >= 11 is 0. The Bertz CT molecular complexity index is 5280. The van der Waals surface area contributed by atoms with E-state index < -0.39 is 0 Å². The van der Waals surface area contributed by atoms with E-state index in [1.54, 1.807) is 0 Å². The molecule has 0 fully saturated rings. The normalized spacial score (nSPS) is 11.3. The molecule has 18 aromatic rings. The number of fused-ring (bicyclic) bond motifs is 18. The van der Waals surface area contributed by atoms with Crippen LogP contribution in [0.15, 0.2) is 285 Å².